The maximum Gasteiger partial charge on any atom is 0.191 e. The summed E-state index contributed by atoms with van der Waals surface area (Å²) >= 11 is 1.72. The minimum absolute atomic E-state index is 0.491. The van der Waals surface area contributed by atoms with Crippen molar-refractivity contribution in [3.63, 3.8) is 0 Å². The highest BCUT2D eigenvalue weighted by Gasteiger charge is 2.19. The van der Waals surface area contributed by atoms with Crippen molar-refractivity contribution in [2.45, 2.75) is 52.6 Å². The quantitative estimate of drug-likeness (QED) is 0.451. The molecule has 24 heavy (non-hydrogen) atoms. The highest BCUT2D eigenvalue weighted by atomic mass is 32.1. The highest BCUT2D eigenvalue weighted by molar-refractivity contribution is 7.09. The van der Waals surface area contributed by atoms with Gasteiger partial charge in [0.2, 0.25) is 0 Å². The van der Waals surface area contributed by atoms with Gasteiger partial charge in [0.1, 0.15) is 0 Å². The van der Waals surface area contributed by atoms with Crippen LogP contribution in [-0.2, 0) is 13.0 Å². The van der Waals surface area contributed by atoms with E-state index >= 15 is 0 Å². The molecule has 0 unspecified atom stereocenters. The molecular formula is C18H31N5S. The molecule has 0 spiro atoms. The van der Waals surface area contributed by atoms with E-state index in [1.807, 2.05) is 0 Å². The summed E-state index contributed by atoms with van der Waals surface area (Å²) in [5.74, 6) is 0.905. The molecule has 1 aliphatic heterocycles. The van der Waals surface area contributed by atoms with Crippen molar-refractivity contribution in [1.82, 2.24) is 20.5 Å². The van der Waals surface area contributed by atoms with Gasteiger partial charge in [0, 0.05) is 37.6 Å². The average Bonchev–Trinajstić information content (AvgIpc) is 3.02. The van der Waals surface area contributed by atoms with Gasteiger partial charge < -0.3 is 10.6 Å². The highest BCUT2D eigenvalue weighted by Crippen LogP contribution is 2.12. The van der Waals surface area contributed by atoms with Crippen LogP contribution in [-0.4, -0.2) is 48.1 Å². The fourth-order valence-corrected chi connectivity index (χ4v) is 3.61. The van der Waals surface area contributed by atoms with E-state index in [0.717, 1.165) is 57.1 Å². The second-order valence-corrected chi connectivity index (χ2v) is 7.38. The number of nitrogens with one attached hydrogen (secondary N) is 2. The van der Waals surface area contributed by atoms with E-state index in [1.54, 1.807) is 11.3 Å². The topological polar surface area (TPSA) is 52.5 Å². The number of hydrogen-bond donors (Lipinski definition) is 2. The number of likely N-dealkylation sites (tertiary alicyclic amines) is 1. The lowest BCUT2D eigenvalue weighted by molar-refractivity contribution is 0.221. The molecule has 0 saturated carbocycles. The first-order valence-electron chi connectivity index (χ1n) is 8.95. The Morgan fingerprint density at radius 3 is 2.75 bits per heavy atom. The lowest BCUT2D eigenvalue weighted by Crippen LogP contribution is -2.48. The van der Waals surface area contributed by atoms with E-state index in [1.165, 1.54) is 10.6 Å². The predicted molar refractivity (Wildman–Crippen MR) is 104 cm³/mol. The third kappa shape index (κ3) is 6.24. The van der Waals surface area contributed by atoms with Gasteiger partial charge in [0.15, 0.2) is 5.96 Å². The number of thiazole rings is 1. The molecule has 134 valence electrons. The van der Waals surface area contributed by atoms with Crippen LogP contribution in [0.2, 0.25) is 0 Å². The van der Waals surface area contributed by atoms with Crippen LogP contribution in [0.5, 0.6) is 0 Å². The van der Waals surface area contributed by atoms with Crippen LogP contribution < -0.4 is 10.6 Å². The van der Waals surface area contributed by atoms with E-state index in [9.17, 15) is 0 Å². The lowest BCUT2D eigenvalue weighted by Gasteiger charge is -2.33. The molecular weight excluding hydrogens is 318 g/mol. The van der Waals surface area contributed by atoms with Crippen molar-refractivity contribution in [3.8, 4) is 0 Å². The van der Waals surface area contributed by atoms with Crippen LogP contribution in [0.3, 0.4) is 0 Å². The summed E-state index contributed by atoms with van der Waals surface area (Å²) in [6, 6.07) is 0.491. The Bertz CT molecular complexity index is 543. The van der Waals surface area contributed by atoms with Crippen molar-refractivity contribution in [2.24, 2.45) is 4.99 Å². The lowest BCUT2D eigenvalue weighted by atomic mass is 10.0. The van der Waals surface area contributed by atoms with Crippen molar-refractivity contribution >= 4 is 17.3 Å². The molecule has 1 aromatic rings. The molecule has 5 nitrogen and oxygen atoms in total. The van der Waals surface area contributed by atoms with E-state index in [-0.39, 0.29) is 0 Å². The van der Waals surface area contributed by atoms with Gasteiger partial charge in [0.25, 0.3) is 0 Å². The van der Waals surface area contributed by atoms with Gasteiger partial charge in [-0.3, -0.25) is 4.90 Å². The van der Waals surface area contributed by atoms with Gasteiger partial charge in [-0.25, -0.2) is 9.98 Å². The molecule has 0 aliphatic carbocycles. The molecule has 0 radical (unpaired) electrons. The van der Waals surface area contributed by atoms with E-state index in [4.69, 9.17) is 4.99 Å². The maximum atomic E-state index is 4.70. The summed E-state index contributed by atoms with van der Waals surface area (Å²) in [6.07, 6.45) is 3.29. The molecule has 2 heterocycles. The molecule has 0 aromatic carbocycles. The second kappa shape index (κ2) is 9.79. The Morgan fingerprint density at radius 2 is 2.17 bits per heavy atom. The van der Waals surface area contributed by atoms with Crippen LogP contribution in [0.1, 0.15) is 44.3 Å². The Morgan fingerprint density at radius 1 is 1.42 bits per heavy atom. The summed E-state index contributed by atoms with van der Waals surface area (Å²) in [5, 5.41) is 10.2. The Hall–Kier alpha value is -1.40. The SMILES string of the molecule is C=C(C)CN1CCC(NC(=NCc2csc(CC)n2)NCC)CC1. The van der Waals surface area contributed by atoms with Gasteiger partial charge >= 0.3 is 0 Å². The first-order valence-corrected chi connectivity index (χ1v) is 9.83. The number of guanidine groups is 1. The molecule has 0 amide bonds. The molecule has 6 heteroatoms. The molecule has 0 atom stereocenters. The van der Waals surface area contributed by atoms with Gasteiger partial charge in [-0.2, -0.15) is 0 Å². The molecule has 1 saturated heterocycles. The Balaban J connectivity index is 1.84. The predicted octanol–water partition coefficient (Wildman–Crippen LogP) is 2.80. The normalized spacial score (nSPS) is 17.0. The van der Waals surface area contributed by atoms with Crippen molar-refractivity contribution in [3.05, 3.63) is 28.2 Å². The van der Waals surface area contributed by atoms with E-state index in [2.05, 4.69) is 53.2 Å². The number of nitrogens with zero attached hydrogens (tertiary/aromatic N) is 3. The number of aromatic nitrogens is 1. The maximum absolute atomic E-state index is 4.70. The zero-order valence-corrected chi connectivity index (χ0v) is 16.1. The number of hydrogen-bond acceptors (Lipinski definition) is 4. The fraction of sp³-hybridized carbons (Fsp3) is 0.667. The fourth-order valence-electron chi connectivity index (χ4n) is 2.87. The van der Waals surface area contributed by atoms with Crippen LogP contribution in [0, 0.1) is 0 Å². The third-order valence-electron chi connectivity index (χ3n) is 4.07. The Labute approximate surface area is 150 Å². The largest absolute Gasteiger partial charge is 0.357 e. The first kappa shape index (κ1) is 18.9. The van der Waals surface area contributed by atoms with Crippen LogP contribution in [0.15, 0.2) is 22.5 Å². The number of aliphatic imine (C=N–C) groups is 1. The van der Waals surface area contributed by atoms with Gasteiger partial charge in [-0.05, 0) is 33.1 Å². The summed E-state index contributed by atoms with van der Waals surface area (Å²) in [4.78, 5) is 11.8. The minimum atomic E-state index is 0.491. The average molecular weight is 350 g/mol. The van der Waals surface area contributed by atoms with E-state index in [0.29, 0.717) is 12.6 Å². The summed E-state index contributed by atoms with van der Waals surface area (Å²) in [7, 11) is 0. The molecule has 0 bridgehead atoms. The van der Waals surface area contributed by atoms with Crippen LogP contribution in [0.4, 0.5) is 0 Å². The van der Waals surface area contributed by atoms with Crippen molar-refractivity contribution in [1.29, 1.82) is 0 Å². The molecule has 1 aliphatic rings. The summed E-state index contributed by atoms with van der Waals surface area (Å²) < 4.78 is 0. The standard InChI is InChI=1S/C18H31N5S/c1-5-17-21-16(13-24-17)11-20-18(19-6-2)22-15-7-9-23(10-8-15)12-14(3)4/h13,15H,3,5-12H2,1-2,4H3,(H2,19,20,22). The van der Waals surface area contributed by atoms with Gasteiger partial charge in [0.05, 0.1) is 17.2 Å². The Kier molecular flexibility index (Phi) is 7.72. The third-order valence-corrected chi connectivity index (χ3v) is 5.11. The monoisotopic (exact) mass is 349 g/mol. The summed E-state index contributed by atoms with van der Waals surface area (Å²) in [6.45, 7) is 15.1. The van der Waals surface area contributed by atoms with E-state index < -0.39 is 0 Å². The van der Waals surface area contributed by atoms with Crippen molar-refractivity contribution in [2.75, 3.05) is 26.2 Å². The molecule has 2 rings (SSSR count). The van der Waals surface area contributed by atoms with Crippen molar-refractivity contribution < 1.29 is 0 Å². The molecule has 1 fully saturated rings. The first-order chi connectivity index (χ1) is 11.6. The molecule has 2 N–H and O–H groups in total. The van der Waals surface area contributed by atoms with Gasteiger partial charge in [-0.15, -0.1) is 11.3 Å². The van der Waals surface area contributed by atoms with Crippen LogP contribution in [0.25, 0.3) is 0 Å². The number of piperidine rings is 1. The number of rotatable bonds is 7. The zero-order valence-electron chi connectivity index (χ0n) is 15.3. The molecule has 1 aromatic heterocycles. The minimum Gasteiger partial charge on any atom is -0.357 e. The summed E-state index contributed by atoms with van der Waals surface area (Å²) in [5.41, 5.74) is 2.30. The smallest absolute Gasteiger partial charge is 0.191 e. The number of aryl methyl sites for hydroxylation is 1. The zero-order chi connectivity index (χ0) is 17.4. The second-order valence-electron chi connectivity index (χ2n) is 6.43. The van der Waals surface area contributed by atoms with Gasteiger partial charge in [-0.1, -0.05) is 19.1 Å². The van der Waals surface area contributed by atoms with Crippen LogP contribution >= 0.6 is 11.3 Å².